The summed E-state index contributed by atoms with van der Waals surface area (Å²) in [6, 6.07) is 11.0. The van der Waals surface area contributed by atoms with Crippen LogP contribution in [-0.4, -0.2) is 46.1 Å². The quantitative estimate of drug-likeness (QED) is 0.534. The number of quaternary nitrogens is 1. The van der Waals surface area contributed by atoms with E-state index in [1.54, 1.807) is 0 Å². The first-order valence-corrected chi connectivity index (χ1v) is 11.5. The molecular weight excluding hydrogens is 310 g/mol. The van der Waals surface area contributed by atoms with E-state index in [1.165, 1.54) is 49.6 Å². The fourth-order valence-electron chi connectivity index (χ4n) is 3.39. The highest BCUT2D eigenvalue weighted by molar-refractivity contribution is 6.86. The number of likely N-dealkylation sites (N-methyl/N-ethyl adjacent to an activating group) is 1. The van der Waals surface area contributed by atoms with Gasteiger partial charge in [-0.25, -0.2) is 0 Å². The Morgan fingerprint density at radius 3 is 2.18 bits per heavy atom. The van der Waals surface area contributed by atoms with Gasteiger partial charge in [-0.2, -0.15) is 0 Å². The van der Waals surface area contributed by atoms with E-state index < -0.39 is 8.32 Å². The molecule has 1 aliphatic heterocycles. The maximum absolute atomic E-state index is 6.68. The average molecular weight is 341 g/mol. The first kappa shape index (κ1) is 18.0. The van der Waals surface area contributed by atoms with E-state index in [9.17, 15) is 0 Å². The standard InChI is InChI=1S/C18H31ClNOSi/c1-4-20(3,5-2)13-14-21-22(15-7-6-8-16-22)18-11-9-17(19)10-12-18/h9-12H,4-8,13-16H2,1-3H3/q+1. The lowest BCUT2D eigenvalue weighted by Gasteiger charge is -2.38. The third-order valence-electron chi connectivity index (χ3n) is 5.57. The minimum Gasteiger partial charge on any atom is -0.407 e. The normalized spacial score (nSPS) is 18.4. The van der Waals surface area contributed by atoms with Crippen LogP contribution in [0.25, 0.3) is 0 Å². The fourth-order valence-corrected chi connectivity index (χ4v) is 7.70. The second-order valence-corrected chi connectivity index (χ2v) is 11.2. The van der Waals surface area contributed by atoms with Gasteiger partial charge in [0.25, 0.3) is 0 Å². The van der Waals surface area contributed by atoms with Gasteiger partial charge in [0.1, 0.15) is 6.54 Å². The van der Waals surface area contributed by atoms with Gasteiger partial charge in [0, 0.05) is 5.02 Å². The monoisotopic (exact) mass is 340 g/mol. The lowest BCUT2D eigenvalue weighted by atomic mass is 10.3. The summed E-state index contributed by atoms with van der Waals surface area (Å²) in [5, 5.41) is 2.27. The molecule has 1 fully saturated rings. The zero-order valence-electron chi connectivity index (χ0n) is 14.4. The van der Waals surface area contributed by atoms with Gasteiger partial charge < -0.3 is 8.91 Å². The molecule has 0 bridgehead atoms. The topological polar surface area (TPSA) is 9.23 Å². The van der Waals surface area contributed by atoms with Crippen molar-refractivity contribution in [2.45, 2.75) is 45.2 Å². The predicted octanol–water partition coefficient (Wildman–Crippen LogP) is 4.18. The molecule has 1 aliphatic rings. The molecule has 124 valence electrons. The lowest BCUT2D eigenvalue weighted by Crippen LogP contribution is -2.54. The summed E-state index contributed by atoms with van der Waals surface area (Å²) in [6.07, 6.45) is 4.01. The molecule has 0 aromatic heterocycles. The van der Waals surface area contributed by atoms with E-state index in [2.05, 4.69) is 33.0 Å². The van der Waals surface area contributed by atoms with Gasteiger partial charge in [-0.15, -0.1) is 0 Å². The van der Waals surface area contributed by atoms with Crippen LogP contribution >= 0.6 is 11.6 Å². The highest BCUT2D eigenvalue weighted by atomic mass is 35.5. The molecule has 0 saturated carbocycles. The molecule has 0 amide bonds. The Morgan fingerprint density at radius 1 is 1.05 bits per heavy atom. The van der Waals surface area contributed by atoms with Crippen molar-refractivity contribution in [2.24, 2.45) is 0 Å². The summed E-state index contributed by atoms with van der Waals surface area (Å²) in [7, 11) is 0.558. The molecule has 0 N–H and O–H groups in total. The van der Waals surface area contributed by atoms with Crippen molar-refractivity contribution in [3.8, 4) is 0 Å². The molecule has 2 nitrogen and oxygen atoms in total. The molecule has 4 heteroatoms. The molecule has 0 atom stereocenters. The van der Waals surface area contributed by atoms with Crippen LogP contribution in [0.15, 0.2) is 24.3 Å². The van der Waals surface area contributed by atoms with E-state index in [-0.39, 0.29) is 0 Å². The van der Waals surface area contributed by atoms with Crippen LogP contribution in [-0.2, 0) is 4.43 Å². The zero-order chi connectivity index (χ0) is 16.1. The van der Waals surface area contributed by atoms with Crippen molar-refractivity contribution in [1.29, 1.82) is 0 Å². The van der Waals surface area contributed by atoms with E-state index in [1.807, 2.05) is 12.1 Å². The highest BCUT2D eigenvalue weighted by Gasteiger charge is 2.39. The van der Waals surface area contributed by atoms with E-state index in [0.29, 0.717) is 0 Å². The SMILES string of the molecule is CC[N+](C)(CC)CCO[Si]1(c2ccc(Cl)cc2)CCCCC1. The summed E-state index contributed by atoms with van der Waals surface area (Å²) in [4.78, 5) is 0. The minimum atomic E-state index is -1.78. The van der Waals surface area contributed by atoms with Crippen molar-refractivity contribution in [3.05, 3.63) is 29.3 Å². The number of hydrogen-bond acceptors (Lipinski definition) is 1. The van der Waals surface area contributed by atoms with Crippen LogP contribution in [0.2, 0.25) is 17.1 Å². The molecule has 0 spiro atoms. The van der Waals surface area contributed by atoms with Crippen LogP contribution < -0.4 is 5.19 Å². The Kier molecular flexibility index (Phi) is 6.51. The number of halogens is 1. The van der Waals surface area contributed by atoms with Crippen LogP contribution in [0.3, 0.4) is 0 Å². The second kappa shape index (κ2) is 7.96. The average Bonchev–Trinajstić information content (AvgIpc) is 2.56. The summed E-state index contributed by atoms with van der Waals surface area (Å²) >= 11 is 6.07. The zero-order valence-corrected chi connectivity index (χ0v) is 16.2. The smallest absolute Gasteiger partial charge is 0.224 e. The largest absolute Gasteiger partial charge is 0.407 e. The van der Waals surface area contributed by atoms with Crippen molar-refractivity contribution in [2.75, 3.05) is 33.3 Å². The van der Waals surface area contributed by atoms with Gasteiger partial charge in [0.05, 0.1) is 26.7 Å². The summed E-state index contributed by atoms with van der Waals surface area (Å²) < 4.78 is 7.78. The van der Waals surface area contributed by atoms with Crippen molar-refractivity contribution >= 4 is 25.1 Å². The van der Waals surface area contributed by atoms with Crippen LogP contribution in [0.5, 0.6) is 0 Å². The molecule has 0 unspecified atom stereocenters. The van der Waals surface area contributed by atoms with Crippen LogP contribution in [0.4, 0.5) is 0 Å². The van der Waals surface area contributed by atoms with Crippen LogP contribution in [0.1, 0.15) is 33.1 Å². The van der Waals surface area contributed by atoms with E-state index >= 15 is 0 Å². The first-order chi connectivity index (χ1) is 10.5. The Morgan fingerprint density at radius 2 is 1.64 bits per heavy atom. The predicted molar refractivity (Wildman–Crippen MR) is 98.4 cm³/mol. The Labute approximate surface area is 142 Å². The van der Waals surface area contributed by atoms with Crippen molar-refractivity contribution in [3.63, 3.8) is 0 Å². The molecule has 0 aliphatic carbocycles. The summed E-state index contributed by atoms with van der Waals surface area (Å²) in [6.45, 7) is 8.92. The number of hydrogen-bond donors (Lipinski definition) is 0. The number of benzene rings is 1. The maximum atomic E-state index is 6.68. The third kappa shape index (κ3) is 4.35. The Balaban J connectivity index is 2.08. The molecule has 1 aromatic rings. The van der Waals surface area contributed by atoms with E-state index in [4.69, 9.17) is 16.0 Å². The maximum Gasteiger partial charge on any atom is 0.224 e. The minimum absolute atomic E-state index is 0.824. The van der Waals surface area contributed by atoms with E-state index in [0.717, 1.165) is 22.7 Å². The summed E-state index contributed by atoms with van der Waals surface area (Å²) in [5.74, 6) is 0. The second-order valence-electron chi connectivity index (χ2n) is 6.89. The van der Waals surface area contributed by atoms with Gasteiger partial charge in [0.15, 0.2) is 0 Å². The molecular formula is C18H31ClNOSi+. The van der Waals surface area contributed by atoms with Gasteiger partial charge in [-0.1, -0.05) is 43.0 Å². The first-order valence-electron chi connectivity index (χ1n) is 8.77. The highest BCUT2D eigenvalue weighted by Crippen LogP contribution is 2.29. The summed E-state index contributed by atoms with van der Waals surface area (Å²) in [5.41, 5.74) is 0. The Bertz CT molecular complexity index is 453. The van der Waals surface area contributed by atoms with Crippen LogP contribution in [0, 0.1) is 0 Å². The van der Waals surface area contributed by atoms with Crippen molar-refractivity contribution in [1.82, 2.24) is 0 Å². The molecule has 0 radical (unpaired) electrons. The molecule has 2 rings (SSSR count). The number of rotatable bonds is 7. The molecule has 1 saturated heterocycles. The Hall–Kier alpha value is -0.353. The van der Waals surface area contributed by atoms with Gasteiger partial charge in [-0.3, -0.25) is 0 Å². The number of nitrogens with zero attached hydrogens (tertiary/aromatic N) is 1. The third-order valence-corrected chi connectivity index (χ3v) is 10.3. The fraction of sp³-hybridized carbons (Fsp3) is 0.667. The van der Waals surface area contributed by atoms with Gasteiger partial charge in [-0.05, 0) is 43.3 Å². The van der Waals surface area contributed by atoms with Gasteiger partial charge >= 0.3 is 0 Å². The molecule has 1 aromatic carbocycles. The molecule has 1 heterocycles. The lowest BCUT2D eigenvalue weighted by molar-refractivity contribution is -0.906. The molecule has 22 heavy (non-hydrogen) atoms. The van der Waals surface area contributed by atoms with Crippen molar-refractivity contribution < 1.29 is 8.91 Å². The van der Waals surface area contributed by atoms with Gasteiger partial charge in [0.2, 0.25) is 8.32 Å².